The summed E-state index contributed by atoms with van der Waals surface area (Å²) in [5, 5.41) is 3.24. The van der Waals surface area contributed by atoms with Gasteiger partial charge < -0.3 is 20.7 Å². The first kappa shape index (κ1) is 13.9. The lowest BCUT2D eigenvalue weighted by Gasteiger charge is -2.17. The van der Waals surface area contributed by atoms with Crippen molar-refractivity contribution < 1.29 is 9.13 Å². The lowest BCUT2D eigenvalue weighted by Crippen LogP contribution is -2.27. The molecule has 0 atom stereocenters. The van der Waals surface area contributed by atoms with Crippen molar-refractivity contribution in [3.63, 3.8) is 0 Å². The fourth-order valence-electron chi connectivity index (χ4n) is 2.05. The maximum absolute atomic E-state index is 13.5. The summed E-state index contributed by atoms with van der Waals surface area (Å²) in [6.07, 6.45) is 2.59. The lowest BCUT2D eigenvalue weighted by molar-refractivity contribution is 0.321. The predicted octanol–water partition coefficient (Wildman–Crippen LogP) is 2.31. The van der Waals surface area contributed by atoms with Gasteiger partial charge in [0.2, 0.25) is 0 Å². The van der Waals surface area contributed by atoms with E-state index in [1.807, 2.05) is 6.92 Å². The Morgan fingerprint density at radius 2 is 2.21 bits per heavy atom. The normalized spacial score (nSPS) is 14.7. The van der Waals surface area contributed by atoms with Gasteiger partial charge in [-0.1, -0.05) is 0 Å². The van der Waals surface area contributed by atoms with Crippen LogP contribution in [0.3, 0.4) is 0 Å². The first-order chi connectivity index (χ1) is 9.11. The summed E-state index contributed by atoms with van der Waals surface area (Å²) in [5.74, 6) is -0.172. The van der Waals surface area contributed by atoms with Crippen LogP contribution >= 0.6 is 0 Å². The van der Waals surface area contributed by atoms with Gasteiger partial charge >= 0.3 is 0 Å². The van der Waals surface area contributed by atoms with E-state index in [0.717, 1.165) is 24.8 Å². The Balaban J connectivity index is 1.92. The first-order valence-electron chi connectivity index (χ1n) is 6.77. The van der Waals surface area contributed by atoms with Crippen LogP contribution in [-0.4, -0.2) is 37.7 Å². The SMILES string of the molecule is CCOc1cc(NCCN(C)C2CC2)c(N)cc1F. The second-order valence-electron chi connectivity index (χ2n) is 4.94. The third-order valence-electron chi connectivity index (χ3n) is 3.35. The summed E-state index contributed by atoms with van der Waals surface area (Å²) in [6.45, 7) is 4.00. The van der Waals surface area contributed by atoms with E-state index in [2.05, 4.69) is 17.3 Å². The molecule has 0 bridgehead atoms. The summed E-state index contributed by atoms with van der Waals surface area (Å²) in [7, 11) is 2.12. The monoisotopic (exact) mass is 267 g/mol. The van der Waals surface area contributed by atoms with Crippen molar-refractivity contribution in [1.29, 1.82) is 0 Å². The number of hydrogen-bond acceptors (Lipinski definition) is 4. The molecule has 0 radical (unpaired) electrons. The molecule has 0 unspecified atom stereocenters. The highest BCUT2D eigenvalue weighted by Gasteiger charge is 2.25. The molecule has 4 nitrogen and oxygen atoms in total. The number of nitrogen functional groups attached to an aromatic ring is 1. The van der Waals surface area contributed by atoms with Gasteiger partial charge in [0.15, 0.2) is 11.6 Å². The molecule has 0 heterocycles. The Labute approximate surface area is 113 Å². The van der Waals surface area contributed by atoms with Crippen molar-refractivity contribution in [3.8, 4) is 5.75 Å². The van der Waals surface area contributed by atoms with Gasteiger partial charge in [0.05, 0.1) is 18.0 Å². The van der Waals surface area contributed by atoms with Crippen LogP contribution in [0.15, 0.2) is 12.1 Å². The number of nitrogens with one attached hydrogen (secondary N) is 1. The van der Waals surface area contributed by atoms with Crippen molar-refractivity contribution in [3.05, 3.63) is 17.9 Å². The zero-order valence-electron chi connectivity index (χ0n) is 11.6. The molecule has 1 fully saturated rings. The van der Waals surface area contributed by atoms with E-state index in [4.69, 9.17) is 10.5 Å². The minimum Gasteiger partial charge on any atom is -0.491 e. The van der Waals surface area contributed by atoms with Gasteiger partial charge in [-0.3, -0.25) is 0 Å². The molecule has 0 amide bonds. The number of ether oxygens (including phenoxy) is 1. The zero-order valence-corrected chi connectivity index (χ0v) is 11.6. The molecule has 1 aromatic carbocycles. The van der Waals surface area contributed by atoms with Gasteiger partial charge in [0.1, 0.15) is 0 Å². The van der Waals surface area contributed by atoms with E-state index in [0.29, 0.717) is 12.3 Å². The Morgan fingerprint density at radius 1 is 1.47 bits per heavy atom. The van der Waals surface area contributed by atoms with Crippen molar-refractivity contribution in [1.82, 2.24) is 4.90 Å². The zero-order chi connectivity index (χ0) is 13.8. The van der Waals surface area contributed by atoms with Crippen LogP contribution in [0.25, 0.3) is 0 Å². The van der Waals surface area contributed by atoms with Crippen molar-refractivity contribution in [2.24, 2.45) is 0 Å². The van der Waals surface area contributed by atoms with Crippen LogP contribution in [0.2, 0.25) is 0 Å². The summed E-state index contributed by atoms with van der Waals surface area (Å²) in [4.78, 5) is 2.33. The summed E-state index contributed by atoms with van der Waals surface area (Å²) < 4.78 is 18.8. The van der Waals surface area contributed by atoms with Gasteiger partial charge in [-0.25, -0.2) is 4.39 Å². The van der Waals surface area contributed by atoms with Gasteiger partial charge in [0, 0.05) is 31.3 Å². The molecule has 0 aliphatic heterocycles. The highest BCUT2D eigenvalue weighted by Crippen LogP contribution is 2.28. The van der Waals surface area contributed by atoms with Crippen molar-refractivity contribution in [2.75, 3.05) is 37.8 Å². The summed E-state index contributed by atoms with van der Waals surface area (Å²) >= 11 is 0. The third-order valence-corrected chi connectivity index (χ3v) is 3.35. The van der Waals surface area contributed by atoms with Crippen LogP contribution < -0.4 is 15.8 Å². The van der Waals surface area contributed by atoms with Gasteiger partial charge in [-0.15, -0.1) is 0 Å². The van der Waals surface area contributed by atoms with Crippen LogP contribution in [0.1, 0.15) is 19.8 Å². The molecule has 1 aromatic rings. The topological polar surface area (TPSA) is 50.5 Å². The van der Waals surface area contributed by atoms with E-state index >= 15 is 0 Å². The molecule has 0 saturated heterocycles. The van der Waals surface area contributed by atoms with Crippen molar-refractivity contribution in [2.45, 2.75) is 25.8 Å². The fraction of sp³-hybridized carbons (Fsp3) is 0.571. The Morgan fingerprint density at radius 3 is 2.84 bits per heavy atom. The standard InChI is InChI=1S/C14H22FN3O/c1-3-19-14-9-13(12(16)8-11(14)15)17-6-7-18(2)10-4-5-10/h8-10,17H,3-7,16H2,1-2H3. The Hall–Kier alpha value is -1.49. The van der Waals surface area contributed by atoms with Crippen LogP contribution in [0.4, 0.5) is 15.8 Å². The number of benzene rings is 1. The highest BCUT2D eigenvalue weighted by atomic mass is 19.1. The average Bonchev–Trinajstić information content (AvgIpc) is 3.18. The molecule has 19 heavy (non-hydrogen) atoms. The highest BCUT2D eigenvalue weighted by molar-refractivity contribution is 5.68. The van der Waals surface area contributed by atoms with Gasteiger partial charge in [-0.05, 0) is 26.8 Å². The summed E-state index contributed by atoms with van der Waals surface area (Å²) in [5.41, 5.74) is 6.95. The molecule has 2 rings (SSSR count). The molecule has 106 valence electrons. The lowest BCUT2D eigenvalue weighted by atomic mass is 10.2. The maximum atomic E-state index is 13.5. The molecular formula is C14H22FN3O. The van der Waals surface area contributed by atoms with E-state index in [-0.39, 0.29) is 5.75 Å². The molecule has 1 aliphatic rings. The molecule has 0 aromatic heterocycles. The quantitative estimate of drug-likeness (QED) is 0.744. The molecule has 3 N–H and O–H groups in total. The number of anilines is 2. The number of nitrogens with zero attached hydrogens (tertiary/aromatic N) is 1. The average molecular weight is 267 g/mol. The first-order valence-corrected chi connectivity index (χ1v) is 6.77. The van der Waals surface area contributed by atoms with Crippen LogP contribution in [-0.2, 0) is 0 Å². The second-order valence-corrected chi connectivity index (χ2v) is 4.94. The molecular weight excluding hydrogens is 245 g/mol. The molecule has 5 heteroatoms. The van der Waals surface area contributed by atoms with Gasteiger partial charge in [-0.2, -0.15) is 0 Å². The minimum absolute atomic E-state index is 0.245. The molecule has 0 spiro atoms. The van der Waals surface area contributed by atoms with E-state index < -0.39 is 5.82 Å². The molecule has 1 saturated carbocycles. The number of halogens is 1. The van der Waals surface area contributed by atoms with Crippen LogP contribution in [0, 0.1) is 5.82 Å². The largest absolute Gasteiger partial charge is 0.491 e. The number of hydrogen-bond donors (Lipinski definition) is 2. The van der Waals surface area contributed by atoms with E-state index in [9.17, 15) is 4.39 Å². The fourth-order valence-corrected chi connectivity index (χ4v) is 2.05. The van der Waals surface area contributed by atoms with Crippen molar-refractivity contribution >= 4 is 11.4 Å². The maximum Gasteiger partial charge on any atom is 0.167 e. The van der Waals surface area contributed by atoms with E-state index in [1.54, 1.807) is 6.07 Å². The minimum atomic E-state index is -0.417. The Bertz CT molecular complexity index is 435. The number of nitrogens with two attached hydrogens (primary N) is 1. The predicted molar refractivity (Wildman–Crippen MR) is 76.1 cm³/mol. The smallest absolute Gasteiger partial charge is 0.167 e. The second kappa shape index (κ2) is 6.10. The molecule has 1 aliphatic carbocycles. The van der Waals surface area contributed by atoms with Crippen LogP contribution in [0.5, 0.6) is 5.75 Å². The number of likely N-dealkylation sites (N-methyl/N-ethyl adjacent to an activating group) is 1. The Kier molecular flexibility index (Phi) is 4.47. The number of rotatable bonds is 7. The van der Waals surface area contributed by atoms with Gasteiger partial charge in [0.25, 0.3) is 0 Å². The summed E-state index contributed by atoms with van der Waals surface area (Å²) in [6, 6.07) is 3.68. The third kappa shape index (κ3) is 3.73. The van der Waals surface area contributed by atoms with E-state index in [1.165, 1.54) is 18.9 Å².